The van der Waals surface area contributed by atoms with Crippen molar-refractivity contribution in [2.75, 3.05) is 6.61 Å². The van der Waals surface area contributed by atoms with Crippen LogP contribution in [0, 0.1) is 11.8 Å². The van der Waals surface area contributed by atoms with Crippen molar-refractivity contribution in [2.24, 2.45) is 16.8 Å². The summed E-state index contributed by atoms with van der Waals surface area (Å²) in [6, 6.07) is 0. The topological polar surface area (TPSA) is 21.6 Å². The van der Waals surface area contributed by atoms with Crippen LogP contribution in [0.25, 0.3) is 0 Å². The molecule has 1 heterocycles. The van der Waals surface area contributed by atoms with Crippen molar-refractivity contribution < 1.29 is 4.74 Å². The third-order valence-electron chi connectivity index (χ3n) is 5.98. The lowest BCUT2D eigenvalue weighted by Gasteiger charge is -2.07. The highest BCUT2D eigenvalue weighted by molar-refractivity contribution is 5.78. The van der Waals surface area contributed by atoms with Crippen LogP contribution in [0.4, 0.5) is 0 Å². The second-order valence-electron chi connectivity index (χ2n) is 9.23. The molecule has 0 spiro atoms. The van der Waals surface area contributed by atoms with E-state index in [9.17, 15) is 0 Å². The van der Waals surface area contributed by atoms with Gasteiger partial charge in [0.2, 0.25) is 0 Å². The van der Waals surface area contributed by atoms with E-state index in [4.69, 9.17) is 4.74 Å². The fraction of sp³-hybridized carbons (Fsp3) is 0.957. The van der Waals surface area contributed by atoms with Crippen LogP contribution < -0.4 is 0 Å². The molecular weight excluding hydrogens is 306 g/mol. The molecule has 2 nitrogen and oxygen atoms in total. The van der Waals surface area contributed by atoms with Gasteiger partial charge >= 0.3 is 0 Å². The first-order valence-corrected chi connectivity index (χ1v) is 11.3. The zero-order valence-corrected chi connectivity index (χ0v) is 17.3. The Balaban J connectivity index is 1.31. The molecule has 2 heteroatoms. The molecule has 0 aromatic carbocycles. The molecule has 0 N–H and O–H groups in total. The van der Waals surface area contributed by atoms with Gasteiger partial charge in [0.15, 0.2) is 5.90 Å². The summed E-state index contributed by atoms with van der Waals surface area (Å²) < 4.78 is 5.65. The molecule has 146 valence electrons. The minimum absolute atomic E-state index is 0.0193. The molecule has 1 aliphatic heterocycles. The van der Waals surface area contributed by atoms with E-state index in [1.807, 2.05) is 0 Å². The third-order valence-corrected chi connectivity index (χ3v) is 5.98. The van der Waals surface area contributed by atoms with Crippen LogP contribution in [0.2, 0.25) is 0 Å². The molecule has 0 amide bonds. The molecule has 2 unspecified atom stereocenters. The summed E-state index contributed by atoms with van der Waals surface area (Å²) in [5.41, 5.74) is 0.0193. The third kappa shape index (κ3) is 9.11. The standard InChI is InChI=1S/C23H43NO/c1-4-5-6-12-15-20-18-21(20)16-13-10-8-7-9-11-14-17-22-24-23(2,3)19-25-22/h20-21H,4-19H2,1-3H3. The molecule has 1 saturated carbocycles. The summed E-state index contributed by atoms with van der Waals surface area (Å²) in [5, 5.41) is 0. The summed E-state index contributed by atoms with van der Waals surface area (Å²) in [7, 11) is 0. The number of rotatable bonds is 15. The van der Waals surface area contributed by atoms with Gasteiger partial charge in [0.05, 0.1) is 5.54 Å². The number of unbranched alkanes of at least 4 members (excludes halogenated alkanes) is 9. The van der Waals surface area contributed by atoms with E-state index in [1.165, 1.54) is 83.5 Å². The van der Waals surface area contributed by atoms with Crippen LogP contribution in [0.5, 0.6) is 0 Å². The molecule has 0 bridgehead atoms. The van der Waals surface area contributed by atoms with E-state index in [0.717, 1.165) is 30.8 Å². The number of hydrogen-bond acceptors (Lipinski definition) is 2. The Hall–Kier alpha value is -0.530. The first kappa shape index (κ1) is 20.8. The van der Waals surface area contributed by atoms with Crippen LogP contribution in [0.1, 0.15) is 117 Å². The highest BCUT2D eigenvalue weighted by Crippen LogP contribution is 2.45. The molecule has 0 radical (unpaired) electrons. The molecule has 1 aliphatic carbocycles. The Morgan fingerprint density at radius 1 is 0.840 bits per heavy atom. The first-order chi connectivity index (χ1) is 12.1. The Kier molecular flexibility index (Phi) is 9.34. The maximum Gasteiger partial charge on any atom is 0.183 e. The molecule has 2 rings (SSSR count). The van der Waals surface area contributed by atoms with E-state index in [2.05, 4.69) is 25.8 Å². The van der Waals surface area contributed by atoms with E-state index in [1.54, 1.807) is 6.42 Å². The van der Waals surface area contributed by atoms with Crippen LogP contribution in [0.15, 0.2) is 4.99 Å². The van der Waals surface area contributed by atoms with Gasteiger partial charge in [-0.25, -0.2) is 4.99 Å². The van der Waals surface area contributed by atoms with Gasteiger partial charge in [-0.3, -0.25) is 0 Å². The van der Waals surface area contributed by atoms with Gasteiger partial charge in [0, 0.05) is 6.42 Å². The summed E-state index contributed by atoms with van der Waals surface area (Å²) in [6.07, 6.45) is 21.2. The van der Waals surface area contributed by atoms with Crippen molar-refractivity contribution in [1.82, 2.24) is 0 Å². The SMILES string of the molecule is CCCCCCC1CC1CCCCCCCCCC1=NC(C)(C)CO1. The van der Waals surface area contributed by atoms with Crippen molar-refractivity contribution in [3.05, 3.63) is 0 Å². The smallest absolute Gasteiger partial charge is 0.183 e. The summed E-state index contributed by atoms with van der Waals surface area (Å²) in [4.78, 5) is 4.63. The van der Waals surface area contributed by atoms with Crippen molar-refractivity contribution in [2.45, 2.75) is 123 Å². The normalized spacial score (nSPS) is 24.2. The quantitative estimate of drug-likeness (QED) is 0.284. The Morgan fingerprint density at radius 2 is 1.40 bits per heavy atom. The largest absolute Gasteiger partial charge is 0.478 e. The maximum atomic E-state index is 5.65. The van der Waals surface area contributed by atoms with E-state index >= 15 is 0 Å². The predicted molar refractivity (Wildman–Crippen MR) is 109 cm³/mol. The van der Waals surface area contributed by atoms with Crippen LogP contribution in [-0.2, 0) is 4.74 Å². The fourth-order valence-electron chi connectivity index (χ4n) is 4.21. The van der Waals surface area contributed by atoms with Crippen LogP contribution in [0.3, 0.4) is 0 Å². The van der Waals surface area contributed by atoms with E-state index in [0.29, 0.717) is 0 Å². The van der Waals surface area contributed by atoms with Crippen LogP contribution >= 0.6 is 0 Å². The number of aliphatic imine (C=N–C) groups is 1. The average molecular weight is 350 g/mol. The maximum absolute atomic E-state index is 5.65. The number of hydrogen-bond donors (Lipinski definition) is 0. The zero-order valence-electron chi connectivity index (χ0n) is 17.3. The molecular formula is C23H43NO. The molecule has 0 aromatic heterocycles. The number of ether oxygens (including phenoxy) is 1. The minimum atomic E-state index is 0.0193. The van der Waals surface area contributed by atoms with Gasteiger partial charge in [-0.15, -0.1) is 0 Å². The van der Waals surface area contributed by atoms with Gasteiger partial charge in [-0.1, -0.05) is 84.0 Å². The number of nitrogens with zero attached hydrogens (tertiary/aromatic N) is 1. The summed E-state index contributed by atoms with van der Waals surface area (Å²) in [6.45, 7) is 7.37. The summed E-state index contributed by atoms with van der Waals surface area (Å²) in [5.74, 6) is 3.22. The predicted octanol–water partition coefficient (Wildman–Crippen LogP) is 7.31. The summed E-state index contributed by atoms with van der Waals surface area (Å²) >= 11 is 0. The van der Waals surface area contributed by atoms with Crippen molar-refractivity contribution in [3.63, 3.8) is 0 Å². The van der Waals surface area contributed by atoms with Crippen molar-refractivity contribution in [3.8, 4) is 0 Å². The van der Waals surface area contributed by atoms with Crippen LogP contribution in [-0.4, -0.2) is 18.0 Å². The second-order valence-corrected chi connectivity index (χ2v) is 9.23. The van der Waals surface area contributed by atoms with Gasteiger partial charge in [0.1, 0.15) is 6.61 Å². The van der Waals surface area contributed by atoms with Crippen molar-refractivity contribution in [1.29, 1.82) is 0 Å². The molecule has 2 aliphatic rings. The lowest BCUT2D eigenvalue weighted by molar-refractivity contribution is 0.273. The lowest BCUT2D eigenvalue weighted by Crippen LogP contribution is -2.17. The highest BCUT2D eigenvalue weighted by Gasteiger charge is 2.34. The Labute approximate surface area is 157 Å². The van der Waals surface area contributed by atoms with Crippen molar-refractivity contribution >= 4 is 5.90 Å². The van der Waals surface area contributed by atoms with Gasteiger partial charge < -0.3 is 4.74 Å². The molecule has 1 fully saturated rings. The van der Waals surface area contributed by atoms with Gasteiger partial charge in [-0.05, 0) is 38.5 Å². The van der Waals surface area contributed by atoms with E-state index in [-0.39, 0.29) is 5.54 Å². The first-order valence-electron chi connectivity index (χ1n) is 11.3. The van der Waals surface area contributed by atoms with Gasteiger partial charge in [-0.2, -0.15) is 0 Å². The monoisotopic (exact) mass is 349 g/mol. The van der Waals surface area contributed by atoms with Gasteiger partial charge in [0.25, 0.3) is 0 Å². The Bertz CT molecular complexity index is 388. The zero-order chi connectivity index (χ0) is 18.0. The molecule has 25 heavy (non-hydrogen) atoms. The second kappa shape index (κ2) is 11.2. The fourth-order valence-corrected chi connectivity index (χ4v) is 4.21. The van der Waals surface area contributed by atoms with E-state index < -0.39 is 0 Å². The molecule has 2 atom stereocenters. The molecule has 0 aromatic rings. The average Bonchev–Trinajstić information content (AvgIpc) is 3.23. The minimum Gasteiger partial charge on any atom is -0.478 e. The lowest BCUT2D eigenvalue weighted by atomic mass is 10.0. The highest BCUT2D eigenvalue weighted by atomic mass is 16.5. The Morgan fingerprint density at radius 3 is 1.96 bits per heavy atom. The molecule has 0 saturated heterocycles.